The second-order valence-corrected chi connectivity index (χ2v) is 8.90. The summed E-state index contributed by atoms with van der Waals surface area (Å²) in [6, 6.07) is 7.47. The van der Waals surface area contributed by atoms with Crippen LogP contribution in [0.2, 0.25) is 0 Å². The average molecular weight is 471 g/mol. The molecule has 1 aromatic heterocycles. The van der Waals surface area contributed by atoms with E-state index in [-0.39, 0.29) is 23.5 Å². The SMILES string of the molecule is Cn1cc(Br)cc1C(=O)NNC(=O)c1ccccc1S(=O)(=O)N1CCOCC1. The molecule has 0 atom stereocenters. The zero-order valence-electron chi connectivity index (χ0n) is 15.0. The highest BCUT2D eigenvalue weighted by atomic mass is 79.9. The van der Waals surface area contributed by atoms with Gasteiger partial charge in [-0.05, 0) is 34.1 Å². The number of nitrogens with zero attached hydrogens (tertiary/aromatic N) is 2. The minimum Gasteiger partial charge on any atom is -0.379 e. The highest BCUT2D eigenvalue weighted by Gasteiger charge is 2.30. The molecule has 2 N–H and O–H groups in total. The van der Waals surface area contributed by atoms with E-state index in [1.165, 1.54) is 16.4 Å². The summed E-state index contributed by atoms with van der Waals surface area (Å²) in [7, 11) is -2.18. The van der Waals surface area contributed by atoms with Crippen molar-refractivity contribution in [3.8, 4) is 0 Å². The first kappa shape index (κ1) is 20.5. The first-order valence-electron chi connectivity index (χ1n) is 8.40. The van der Waals surface area contributed by atoms with Crippen molar-refractivity contribution in [3.05, 3.63) is 52.3 Å². The molecule has 0 saturated carbocycles. The van der Waals surface area contributed by atoms with Crippen molar-refractivity contribution in [2.24, 2.45) is 7.05 Å². The van der Waals surface area contributed by atoms with Crippen LogP contribution in [-0.4, -0.2) is 55.4 Å². The zero-order valence-corrected chi connectivity index (χ0v) is 17.4. The number of benzene rings is 1. The van der Waals surface area contributed by atoms with Crippen LogP contribution in [0.1, 0.15) is 20.8 Å². The molecule has 0 unspecified atom stereocenters. The van der Waals surface area contributed by atoms with Gasteiger partial charge in [0.2, 0.25) is 10.0 Å². The van der Waals surface area contributed by atoms with Gasteiger partial charge in [-0.2, -0.15) is 4.31 Å². The molecule has 0 bridgehead atoms. The van der Waals surface area contributed by atoms with Gasteiger partial charge in [-0.3, -0.25) is 20.4 Å². The predicted octanol–water partition coefficient (Wildman–Crippen LogP) is 0.883. The number of aryl methyl sites for hydroxylation is 1. The van der Waals surface area contributed by atoms with Crippen molar-refractivity contribution in [1.82, 2.24) is 19.7 Å². The number of hydrogen-bond acceptors (Lipinski definition) is 5. The van der Waals surface area contributed by atoms with E-state index in [4.69, 9.17) is 4.74 Å². The van der Waals surface area contributed by atoms with Gasteiger partial charge in [0.15, 0.2) is 0 Å². The number of nitrogens with one attached hydrogen (secondary N) is 2. The summed E-state index contributed by atoms with van der Waals surface area (Å²) >= 11 is 3.27. The van der Waals surface area contributed by atoms with Gasteiger partial charge in [0.05, 0.1) is 23.7 Å². The monoisotopic (exact) mass is 470 g/mol. The van der Waals surface area contributed by atoms with E-state index < -0.39 is 21.8 Å². The van der Waals surface area contributed by atoms with Gasteiger partial charge in [0, 0.05) is 30.8 Å². The van der Waals surface area contributed by atoms with Gasteiger partial charge in [-0.15, -0.1) is 0 Å². The standard InChI is InChI=1S/C17H19BrN4O5S/c1-21-11-12(18)10-14(21)17(24)20-19-16(23)13-4-2-3-5-15(13)28(25,26)22-6-8-27-9-7-22/h2-5,10-11H,6-9H2,1H3,(H,19,23)(H,20,24). The highest BCUT2D eigenvalue weighted by molar-refractivity contribution is 9.10. The van der Waals surface area contributed by atoms with Crippen LogP contribution in [0.15, 0.2) is 45.9 Å². The van der Waals surface area contributed by atoms with Crippen molar-refractivity contribution in [1.29, 1.82) is 0 Å². The normalized spacial score (nSPS) is 15.2. The number of sulfonamides is 1. The summed E-state index contributed by atoms with van der Waals surface area (Å²) < 4.78 is 34.6. The van der Waals surface area contributed by atoms with Crippen molar-refractivity contribution < 1.29 is 22.7 Å². The first-order chi connectivity index (χ1) is 13.3. The van der Waals surface area contributed by atoms with Gasteiger partial charge in [-0.1, -0.05) is 12.1 Å². The maximum absolute atomic E-state index is 12.9. The topological polar surface area (TPSA) is 110 Å². The molecule has 2 heterocycles. The van der Waals surface area contributed by atoms with Crippen LogP contribution in [0.5, 0.6) is 0 Å². The lowest BCUT2D eigenvalue weighted by atomic mass is 10.2. The van der Waals surface area contributed by atoms with Gasteiger partial charge in [0.1, 0.15) is 5.69 Å². The molecule has 2 amide bonds. The molecule has 1 aliphatic rings. The lowest BCUT2D eigenvalue weighted by molar-refractivity contribution is 0.0729. The number of ether oxygens (including phenoxy) is 1. The van der Waals surface area contributed by atoms with Crippen LogP contribution in [0, 0.1) is 0 Å². The molecule has 150 valence electrons. The molecule has 0 spiro atoms. The van der Waals surface area contributed by atoms with Crippen molar-refractivity contribution in [3.63, 3.8) is 0 Å². The van der Waals surface area contributed by atoms with Gasteiger partial charge in [-0.25, -0.2) is 8.42 Å². The largest absolute Gasteiger partial charge is 0.379 e. The van der Waals surface area contributed by atoms with Gasteiger partial charge in [0.25, 0.3) is 11.8 Å². The highest BCUT2D eigenvalue weighted by Crippen LogP contribution is 2.21. The Balaban J connectivity index is 1.77. The number of hydrazine groups is 1. The van der Waals surface area contributed by atoms with Crippen LogP contribution in [0.3, 0.4) is 0 Å². The third kappa shape index (κ3) is 4.27. The van der Waals surface area contributed by atoms with E-state index in [1.807, 2.05) is 0 Å². The third-order valence-electron chi connectivity index (χ3n) is 4.21. The molecule has 1 saturated heterocycles. The van der Waals surface area contributed by atoms with Crippen molar-refractivity contribution in [2.75, 3.05) is 26.3 Å². The molecular weight excluding hydrogens is 452 g/mol. The lowest BCUT2D eigenvalue weighted by Gasteiger charge is -2.26. The second kappa shape index (κ2) is 8.43. The van der Waals surface area contributed by atoms with E-state index >= 15 is 0 Å². The molecule has 9 nitrogen and oxygen atoms in total. The number of rotatable bonds is 4. The Hall–Kier alpha value is -2.21. The van der Waals surface area contributed by atoms with Crippen LogP contribution in [-0.2, 0) is 21.8 Å². The Bertz CT molecular complexity index is 999. The molecule has 0 aliphatic carbocycles. The quantitative estimate of drug-likeness (QED) is 0.644. The van der Waals surface area contributed by atoms with Gasteiger partial charge < -0.3 is 9.30 Å². The maximum atomic E-state index is 12.9. The first-order valence-corrected chi connectivity index (χ1v) is 10.6. The number of carbonyl (C=O) groups is 2. The smallest absolute Gasteiger partial charge is 0.286 e. The molecular formula is C17H19BrN4O5S. The number of morpholine rings is 1. The molecule has 28 heavy (non-hydrogen) atoms. The van der Waals surface area contributed by atoms with E-state index in [0.717, 1.165) is 0 Å². The Labute approximate surface area is 170 Å². The van der Waals surface area contributed by atoms with Crippen LogP contribution >= 0.6 is 15.9 Å². The summed E-state index contributed by atoms with van der Waals surface area (Å²) in [6.45, 7) is 1.04. The fraction of sp³-hybridized carbons (Fsp3) is 0.294. The maximum Gasteiger partial charge on any atom is 0.286 e. The predicted molar refractivity (Wildman–Crippen MR) is 104 cm³/mol. The van der Waals surface area contributed by atoms with Crippen molar-refractivity contribution >= 4 is 37.8 Å². The Kier molecular flexibility index (Phi) is 6.18. The van der Waals surface area contributed by atoms with Crippen LogP contribution in [0.4, 0.5) is 0 Å². The number of aromatic nitrogens is 1. The van der Waals surface area contributed by atoms with E-state index in [9.17, 15) is 18.0 Å². The molecule has 1 aliphatic heterocycles. The molecule has 1 fully saturated rings. The summed E-state index contributed by atoms with van der Waals surface area (Å²) in [6.07, 6.45) is 1.70. The van der Waals surface area contributed by atoms with Gasteiger partial charge >= 0.3 is 0 Å². The summed E-state index contributed by atoms with van der Waals surface area (Å²) in [5.41, 5.74) is 4.84. The number of carbonyl (C=O) groups excluding carboxylic acids is 2. The Morgan fingerprint density at radius 1 is 1.11 bits per heavy atom. The van der Waals surface area contributed by atoms with Crippen molar-refractivity contribution in [2.45, 2.75) is 4.90 Å². The average Bonchev–Trinajstić information content (AvgIpc) is 3.04. The molecule has 1 aromatic carbocycles. The van der Waals surface area contributed by atoms with Crippen LogP contribution in [0.25, 0.3) is 0 Å². The number of hydrogen-bond donors (Lipinski definition) is 2. The second-order valence-electron chi connectivity index (χ2n) is 6.08. The Morgan fingerprint density at radius 3 is 2.39 bits per heavy atom. The molecule has 2 aromatic rings. The molecule has 11 heteroatoms. The Morgan fingerprint density at radius 2 is 1.75 bits per heavy atom. The zero-order chi connectivity index (χ0) is 20.3. The van der Waals surface area contributed by atoms with Crippen LogP contribution < -0.4 is 10.9 Å². The molecule has 3 rings (SSSR count). The lowest BCUT2D eigenvalue weighted by Crippen LogP contribution is -2.44. The summed E-state index contributed by atoms with van der Waals surface area (Å²) in [5, 5.41) is 0. The minimum atomic E-state index is -3.86. The molecule has 0 radical (unpaired) electrons. The van der Waals surface area contributed by atoms with E-state index in [2.05, 4.69) is 26.8 Å². The summed E-state index contributed by atoms with van der Waals surface area (Å²) in [4.78, 5) is 24.7. The number of halogens is 1. The fourth-order valence-electron chi connectivity index (χ4n) is 2.80. The third-order valence-corrected chi connectivity index (χ3v) is 6.60. The van der Waals surface area contributed by atoms with E-state index in [1.54, 1.807) is 36.0 Å². The fourth-order valence-corrected chi connectivity index (χ4v) is 4.92. The minimum absolute atomic E-state index is 0.0534. The van der Waals surface area contributed by atoms with E-state index in [0.29, 0.717) is 23.4 Å². The number of amides is 2. The summed E-state index contributed by atoms with van der Waals surface area (Å²) in [5.74, 6) is -1.26.